The van der Waals surface area contributed by atoms with E-state index in [9.17, 15) is 4.79 Å². The fourth-order valence-electron chi connectivity index (χ4n) is 3.71. The maximum absolute atomic E-state index is 12.7. The number of rotatable bonds is 6. The minimum atomic E-state index is 0.00251. The summed E-state index contributed by atoms with van der Waals surface area (Å²) < 4.78 is 5.47. The number of piperidine rings is 1. The normalized spacial score (nSPS) is 15.1. The second-order valence-corrected chi connectivity index (χ2v) is 8.17. The van der Waals surface area contributed by atoms with Gasteiger partial charge in [0.2, 0.25) is 17.7 Å². The summed E-state index contributed by atoms with van der Waals surface area (Å²) in [4.78, 5) is 16.1. The summed E-state index contributed by atoms with van der Waals surface area (Å²) >= 11 is 6.17. The Balaban J connectivity index is 1.36. The molecular weight excluding hydrogens is 418 g/mol. The van der Waals surface area contributed by atoms with Crippen LogP contribution in [-0.2, 0) is 17.8 Å². The van der Waals surface area contributed by atoms with Gasteiger partial charge < -0.3 is 9.32 Å². The molecule has 0 aliphatic carbocycles. The van der Waals surface area contributed by atoms with Crippen LogP contribution in [0.3, 0.4) is 0 Å². The van der Waals surface area contributed by atoms with Crippen molar-refractivity contribution in [2.45, 2.75) is 39.7 Å². The fraction of sp³-hybridized carbons (Fsp3) is 0.429. The lowest BCUT2D eigenvalue weighted by molar-refractivity contribution is -0.127. The summed E-state index contributed by atoms with van der Waals surface area (Å²) in [6.07, 6.45) is 6.05. The van der Waals surface area contributed by atoms with Gasteiger partial charge in [0.15, 0.2) is 5.82 Å². The van der Waals surface area contributed by atoms with Gasteiger partial charge >= 0.3 is 0 Å². The lowest BCUT2D eigenvalue weighted by Gasteiger charge is -2.30. The van der Waals surface area contributed by atoms with Crippen molar-refractivity contribution in [3.63, 3.8) is 0 Å². The standard InChI is InChI=1S/C21H24ClN7O2/c1-14-23-27-29(26-14)13-18-12-19(22)5-3-17(18)4-6-21(30)28-9-7-16(8-10-28)11-20-25-24-15(2)31-20/h3-6,12,16H,7-11,13H2,1-2H3/b6-4+. The number of carbonyl (C=O) groups is 1. The third-order valence-corrected chi connectivity index (χ3v) is 5.57. The number of hydrogen-bond acceptors (Lipinski definition) is 7. The lowest BCUT2D eigenvalue weighted by atomic mass is 9.93. The van der Waals surface area contributed by atoms with E-state index in [1.165, 1.54) is 4.80 Å². The molecule has 0 atom stereocenters. The van der Waals surface area contributed by atoms with Gasteiger partial charge in [0.1, 0.15) is 0 Å². The van der Waals surface area contributed by atoms with Crippen molar-refractivity contribution in [3.8, 4) is 0 Å². The van der Waals surface area contributed by atoms with Crippen LogP contribution in [0, 0.1) is 19.8 Å². The Morgan fingerprint density at radius 2 is 2.03 bits per heavy atom. The van der Waals surface area contributed by atoms with Crippen LogP contribution in [0.4, 0.5) is 0 Å². The first-order valence-corrected chi connectivity index (χ1v) is 10.6. The number of amides is 1. The molecule has 31 heavy (non-hydrogen) atoms. The summed E-state index contributed by atoms with van der Waals surface area (Å²) in [7, 11) is 0. The summed E-state index contributed by atoms with van der Waals surface area (Å²) in [6, 6.07) is 5.55. The SMILES string of the molecule is Cc1nnn(Cc2cc(Cl)ccc2/C=C/C(=O)N2CCC(Cc3nnc(C)o3)CC2)n1. The highest BCUT2D eigenvalue weighted by Crippen LogP contribution is 2.22. The maximum atomic E-state index is 12.7. The molecule has 0 radical (unpaired) electrons. The highest BCUT2D eigenvalue weighted by molar-refractivity contribution is 6.30. The Bertz CT molecular complexity index is 1080. The van der Waals surface area contributed by atoms with Crippen LogP contribution in [0.1, 0.15) is 41.6 Å². The van der Waals surface area contributed by atoms with Gasteiger partial charge in [0.05, 0.1) is 6.54 Å². The first kappa shape index (κ1) is 21.2. The highest BCUT2D eigenvalue weighted by Gasteiger charge is 2.23. The van der Waals surface area contributed by atoms with Crippen molar-refractivity contribution in [2.75, 3.05) is 13.1 Å². The second kappa shape index (κ2) is 9.38. The van der Waals surface area contributed by atoms with Gasteiger partial charge in [-0.1, -0.05) is 17.7 Å². The smallest absolute Gasteiger partial charge is 0.246 e. The van der Waals surface area contributed by atoms with Crippen molar-refractivity contribution in [3.05, 3.63) is 58.0 Å². The van der Waals surface area contributed by atoms with E-state index in [0.29, 0.717) is 35.1 Å². The van der Waals surface area contributed by atoms with Gasteiger partial charge in [0, 0.05) is 37.5 Å². The molecule has 162 valence electrons. The third-order valence-electron chi connectivity index (χ3n) is 5.33. The quantitative estimate of drug-likeness (QED) is 0.542. The number of likely N-dealkylation sites (tertiary alicyclic amines) is 1. The molecule has 4 rings (SSSR count). The van der Waals surface area contributed by atoms with Crippen molar-refractivity contribution in [2.24, 2.45) is 5.92 Å². The second-order valence-electron chi connectivity index (χ2n) is 7.73. The summed E-state index contributed by atoms with van der Waals surface area (Å²) in [6.45, 7) is 5.44. The van der Waals surface area contributed by atoms with Crippen molar-refractivity contribution in [1.29, 1.82) is 0 Å². The summed E-state index contributed by atoms with van der Waals surface area (Å²) in [5, 5.41) is 20.7. The predicted octanol–water partition coefficient (Wildman–Crippen LogP) is 2.87. The maximum Gasteiger partial charge on any atom is 0.246 e. The average molecular weight is 442 g/mol. The first-order chi connectivity index (χ1) is 15.0. The first-order valence-electron chi connectivity index (χ1n) is 10.2. The molecule has 1 aliphatic rings. The van der Waals surface area contributed by atoms with Crippen LogP contribution in [0.25, 0.3) is 6.08 Å². The molecule has 1 amide bonds. The minimum absolute atomic E-state index is 0.00251. The van der Waals surface area contributed by atoms with Gasteiger partial charge in [0.25, 0.3) is 0 Å². The van der Waals surface area contributed by atoms with E-state index in [2.05, 4.69) is 25.6 Å². The Morgan fingerprint density at radius 1 is 1.23 bits per heavy atom. The molecule has 1 saturated heterocycles. The zero-order valence-corrected chi connectivity index (χ0v) is 18.3. The third kappa shape index (κ3) is 5.55. The molecule has 3 aromatic rings. The van der Waals surface area contributed by atoms with Gasteiger partial charge in [-0.05, 0) is 60.2 Å². The topological polar surface area (TPSA) is 103 Å². The molecule has 1 fully saturated rings. The van der Waals surface area contributed by atoms with E-state index in [1.54, 1.807) is 26.0 Å². The molecule has 9 nitrogen and oxygen atoms in total. The number of nitrogens with zero attached hydrogens (tertiary/aromatic N) is 7. The number of hydrogen-bond donors (Lipinski definition) is 0. The number of halogens is 1. The van der Waals surface area contributed by atoms with Gasteiger partial charge in [-0.2, -0.15) is 4.80 Å². The molecule has 0 bridgehead atoms. The number of benzene rings is 1. The molecular formula is C21H24ClN7O2. The van der Waals surface area contributed by atoms with Crippen LogP contribution >= 0.6 is 11.6 Å². The number of tetrazole rings is 1. The van der Waals surface area contributed by atoms with Gasteiger partial charge in [-0.25, -0.2) is 0 Å². The molecule has 0 unspecified atom stereocenters. The molecule has 1 aromatic carbocycles. The van der Waals surface area contributed by atoms with Gasteiger partial charge in [-0.15, -0.1) is 20.4 Å². The monoisotopic (exact) mass is 441 g/mol. The van der Waals surface area contributed by atoms with E-state index < -0.39 is 0 Å². The zero-order chi connectivity index (χ0) is 21.8. The fourth-order valence-corrected chi connectivity index (χ4v) is 3.90. The number of aromatic nitrogens is 6. The molecule has 0 saturated carbocycles. The number of aryl methyl sites for hydroxylation is 2. The average Bonchev–Trinajstić information content (AvgIpc) is 3.35. The minimum Gasteiger partial charge on any atom is -0.426 e. The highest BCUT2D eigenvalue weighted by atomic mass is 35.5. The lowest BCUT2D eigenvalue weighted by Crippen LogP contribution is -2.38. The molecule has 0 N–H and O–H groups in total. The van der Waals surface area contributed by atoms with E-state index in [-0.39, 0.29) is 5.91 Å². The van der Waals surface area contributed by atoms with Crippen LogP contribution in [0.15, 0.2) is 28.7 Å². The van der Waals surface area contributed by atoms with Crippen molar-refractivity contribution in [1.82, 2.24) is 35.3 Å². The summed E-state index contributed by atoms with van der Waals surface area (Å²) in [5.74, 6) is 2.32. The molecule has 3 heterocycles. The largest absolute Gasteiger partial charge is 0.426 e. The van der Waals surface area contributed by atoms with Gasteiger partial charge in [-0.3, -0.25) is 4.79 Å². The Hall–Kier alpha value is -3.07. The van der Waals surface area contributed by atoms with Crippen LogP contribution in [-0.4, -0.2) is 54.3 Å². The predicted molar refractivity (Wildman–Crippen MR) is 114 cm³/mol. The molecule has 10 heteroatoms. The van der Waals surface area contributed by atoms with E-state index >= 15 is 0 Å². The van der Waals surface area contributed by atoms with E-state index in [0.717, 1.165) is 43.5 Å². The number of carbonyl (C=O) groups excluding carboxylic acids is 1. The van der Waals surface area contributed by atoms with Crippen molar-refractivity contribution >= 4 is 23.6 Å². The molecule has 0 spiro atoms. The Kier molecular flexibility index (Phi) is 6.41. The van der Waals surface area contributed by atoms with E-state index in [1.807, 2.05) is 23.1 Å². The molecule has 2 aromatic heterocycles. The molecule has 1 aliphatic heterocycles. The Labute approximate surface area is 185 Å². The summed E-state index contributed by atoms with van der Waals surface area (Å²) in [5.41, 5.74) is 1.82. The van der Waals surface area contributed by atoms with Crippen LogP contribution in [0.5, 0.6) is 0 Å². The van der Waals surface area contributed by atoms with E-state index in [4.69, 9.17) is 16.0 Å². The zero-order valence-electron chi connectivity index (χ0n) is 17.5. The van der Waals surface area contributed by atoms with Crippen LogP contribution < -0.4 is 0 Å². The Morgan fingerprint density at radius 3 is 2.71 bits per heavy atom. The van der Waals surface area contributed by atoms with Crippen molar-refractivity contribution < 1.29 is 9.21 Å². The van der Waals surface area contributed by atoms with Crippen LogP contribution in [0.2, 0.25) is 5.02 Å².